The van der Waals surface area contributed by atoms with Crippen molar-refractivity contribution in [2.24, 2.45) is 0 Å². The molecule has 21 heteroatoms. The van der Waals surface area contributed by atoms with Gasteiger partial charge in [-0.2, -0.15) is 0 Å². The molecule has 3 aliphatic rings. The zero-order valence-electron chi connectivity index (χ0n) is 23.5. The van der Waals surface area contributed by atoms with Gasteiger partial charge < -0.3 is 105 Å². The molecule has 0 unspecified atom stereocenters. The van der Waals surface area contributed by atoms with Crippen molar-refractivity contribution in [3.05, 3.63) is 0 Å². The maximum Gasteiger partial charge on any atom is 0.187 e. The molecular formula is C24H42O21. The van der Waals surface area contributed by atoms with Crippen molar-refractivity contribution in [1.82, 2.24) is 0 Å². The predicted molar refractivity (Wildman–Crippen MR) is 135 cm³/mol. The third kappa shape index (κ3) is 8.30. The molecule has 3 aliphatic heterocycles. The first-order chi connectivity index (χ1) is 21.2. The average molecular weight is 667 g/mol. The number of carbonyl (C=O) groups excluding carboxylic acids is 1. The molecule has 0 aromatic carbocycles. The van der Waals surface area contributed by atoms with E-state index in [1.165, 1.54) is 0 Å². The first-order valence-electron chi connectivity index (χ1n) is 13.9. The molecule has 0 aromatic rings. The number of ether oxygens (including phenoxy) is 6. The third-order valence-corrected chi connectivity index (χ3v) is 7.76. The standard InChI is InChI=1S/C24H42O21/c25-1-6(30)11(32)19(7(31)2-26)43-23-17(38)14(35)21(9(4-28)41-23)45-24-18(39)15(36)20(10(5-29)42-24)44-22-16(37)13(34)12(33)8(3-27)40-22/h1,6-24,26-39H,2-5H2/t6-,7+,8+,9+,10+,11+,12+,13-,14+,15+,16+,17+,18+,19+,20+,21+,22-,23-,24-/m0/s1. The zero-order valence-corrected chi connectivity index (χ0v) is 23.5. The number of rotatable bonds is 14. The summed E-state index contributed by atoms with van der Waals surface area (Å²) < 4.78 is 32.3. The monoisotopic (exact) mass is 666 g/mol. The molecule has 3 fully saturated rings. The molecule has 0 saturated carbocycles. The Kier molecular flexibility index (Phi) is 14.3. The summed E-state index contributed by atoms with van der Waals surface area (Å²) in [7, 11) is 0. The fourth-order valence-corrected chi connectivity index (χ4v) is 5.09. The van der Waals surface area contributed by atoms with Gasteiger partial charge in [-0.15, -0.1) is 0 Å². The van der Waals surface area contributed by atoms with Gasteiger partial charge in [0.1, 0.15) is 97.7 Å². The molecule has 0 aromatic heterocycles. The fraction of sp³-hybridized carbons (Fsp3) is 0.958. The van der Waals surface area contributed by atoms with E-state index in [1.54, 1.807) is 0 Å². The van der Waals surface area contributed by atoms with E-state index in [2.05, 4.69) is 0 Å². The minimum atomic E-state index is -2.14. The molecule has 3 heterocycles. The lowest BCUT2D eigenvalue weighted by Gasteiger charge is -2.48. The van der Waals surface area contributed by atoms with Gasteiger partial charge in [-0.3, -0.25) is 0 Å². The highest BCUT2D eigenvalue weighted by atomic mass is 16.8. The summed E-state index contributed by atoms with van der Waals surface area (Å²) in [6.45, 7) is -3.71. The minimum Gasteiger partial charge on any atom is -0.394 e. The lowest BCUT2D eigenvalue weighted by Crippen LogP contribution is -2.67. The SMILES string of the molecule is O=C[C@H](O)[C@@H](O)[C@H](O[C@@H]1O[C@H](CO)[C@@H](O[C@@H]2O[C@H](CO)[C@@H](O[C@@H]3O[C@H](CO)[C@@H](O)[C@H](O)[C@H]3O)[C@H](O)[C@H]2O)[C@H](O)[C@H]1O)[C@H](O)CO. The first kappa shape index (κ1) is 38.3. The number of aliphatic hydroxyl groups excluding tert-OH is 14. The first-order valence-corrected chi connectivity index (χ1v) is 13.9. The predicted octanol–water partition coefficient (Wildman–Crippen LogP) is -9.91. The molecule has 3 saturated heterocycles. The van der Waals surface area contributed by atoms with Crippen molar-refractivity contribution in [2.75, 3.05) is 26.4 Å². The molecule has 21 nitrogen and oxygen atoms in total. The van der Waals surface area contributed by atoms with Crippen molar-refractivity contribution < 1.29 is 105 Å². The van der Waals surface area contributed by atoms with Gasteiger partial charge in [0.05, 0.1) is 26.4 Å². The number of hydrogen-bond acceptors (Lipinski definition) is 21. The number of aldehydes is 1. The third-order valence-electron chi connectivity index (χ3n) is 7.76. The summed E-state index contributed by atoms with van der Waals surface area (Å²) >= 11 is 0. The number of aliphatic hydroxyl groups is 14. The van der Waals surface area contributed by atoms with Gasteiger partial charge in [0.25, 0.3) is 0 Å². The van der Waals surface area contributed by atoms with Crippen LogP contribution in [0, 0.1) is 0 Å². The van der Waals surface area contributed by atoms with E-state index in [9.17, 15) is 76.3 Å². The van der Waals surface area contributed by atoms with E-state index in [0.717, 1.165) is 0 Å². The van der Waals surface area contributed by atoms with E-state index >= 15 is 0 Å². The lowest BCUT2D eigenvalue weighted by atomic mass is 9.96. The Bertz CT molecular complexity index is 895. The summed E-state index contributed by atoms with van der Waals surface area (Å²) in [5.41, 5.74) is 0. The summed E-state index contributed by atoms with van der Waals surface area (Å²) in [5, 5.41) is 141. The van der Waals surface area contributed by atoms with E-state index < -0.39 is 143 Å². The molecule has 45 heavy (non-hydrogen) atoms. The topological polar surface area (TPSA) is 356 Å². The Morgan fingerprint density at radius 2 is 1.00 bits per heavy atom. The quantitative estimate of drug-likeness (QED) is 0.0765. The maximum atomic E-state index is 10.9. The largest absolute Gasteiger partial charge is 0.394 e. The van der Waals surface area contributed by atoms with Crippen LogP contribution in [0.2, 0.25) is 0 Å². The second-order valence-electron chi connectivity index (χ2n) is 10.8. The van der Waals surface area contributed by atoms with Crippen LogP contribution in [0.5, 0.6) is 0 Å². The Morgan fingerprint density at radius 1 is 0.578 bits per heavy atom. The fourth-order valence-electron chi connectivity index (χ4n) is 5.09. The van der Waals surface area contributed by atoms with Gasteiger partial charge in [0, 0.05) is 0 Å². The second-order valence-corrected chi connectivity index (χ2v) is 10.8. The molecule has 19 atom stereocenters. The smallest absolute Gasteiger partial charge is 0.187 e. The summed E-state index contributed by atoms with van der Waals surface area (Å²) in [6, 6.07) is 0. The molecule has 0 spiro atoms. The maximum absolute atomic E-state index is 10.9. The van der Waals surface area contributed by atoms with Gasteiger partial charge in [-0.05, 0) is 0 Å². The van der Waals surface area contributed by atoms with E-state index in [4.69, 9.17) is 28.4 Å². The Balaban J connectivity index is 1.72. The van der Waals surface area contributed by atoms with Crippen LogP contribution >= 0.6 is 0 Å². The van der Waals surface area contributed by atoms with Crippen LogP contribution < -0.4 is 0 Å². The van der Waals surface area contributed by atoms with Crippen LogP contribution in [0.1, 0.15) is 0 Å². The van der Waals surface area contributed by atoms with E-state index in [1.807, 2.05) is 0 Å². The van der Waals surface area contributed by atoms with E-state index in [0.29, 0.717) is 0 Å². The molecule has 0 amide bonds. The average Bonchev–Trinajstić information content (AvgIpc) is 3.04. The summed E-state index contributed by atoms with van der Waals surface area (Å²) in [4.78, 5) is 10.9. The van der Waals surface area contributed by atoms with Gasteiger partial charge in [-0.25, -0.2) is 0 Å². The molecule has 264 valence electrons. The molecule has 0 bridgehead atoms. The van der Waals surface area contributed by atoms with E-state index in [-0.39, 0.29) is 6.29 Å². The van der Waals surface area contributed by atoms with Crippen LogP contribution in [0.15, 0.2) is 0 Å². The van der Waals surface area contributed by atoms with Crippen molar-refractivity contribution in [1.29, 1.82) is 0 Å². The molecule has 0 radical (unpaired) electrons. The van der Waals surface area contributed by atoms with Crippen LogP contribution in [-0.4, -0.2) is 221 Å². The van der Waals surface area contributed by atoms with Crippen molar-refractivity contribution in [2.45, 2.75) is 117 Å². The molecular weight excluding hydrogens is 624 g/mol. The Morgan fingerprint density at radius 3 is 1.44 bits per heavy atom. The summed E-state index contributed by atoms with van der Waals surface area (Å²) in [6.07, 6.45) is -35.6. The molecule has 3 rings (SSSR count). The van der Waals surface area contributed by atoms with Crippen molar-refractivity contribution in [3.63, 3.8) is 0 Å². The Hall–Kier alpha value is -1.13. The number of hydrogen-bond donors (Lipinski definition) is 14. The number of carbonyl (C=O) groups is 1. The van der Waals surface area contributed by atoms with Crippen LogP contribution in [0.4, 0.5) is 0 Å². The zero-order chi connectivity index (χ0) is 33.7. The second kappa shape index (κ2) is 16.8. The Labute approximate surface area is 254 Å². The van der Waals surface area contributed by atoms with Crippen molar-refractivity contribution >= 4 is 6.29 Å². The normalized spacial score (nSPS) is 45.4. The lowest BCUT2D eigenvalue weighted by molar-refractivity contribution is -0.383. The highest BCUT2D eigenvalue weighted by Gasteiger charge is 2.54. The van der Waals surface area contributed by atoms with Gasteiger partial charge in [0.2, 0.25) is 0 Å². The molecule has 0 aliphatic carbocycles. The molecule has 14 N–H and O–H groups in total. The van der Waals surface area contributed by atoms with Gasteiger partial charge in [0.15, 0.2) is 25.2 Å². The highest BCUT2D eigenvalue weighted by Crippen LogP contribution is 2.33. The minimum absolute atomic E-state index is 0.0957. The van der Waals surface area contributed by atoms with Crippen LogP contribution in [-0.2, 0) is 33.2 Å². The van der Waals surface area contributed by atoms with Gasteiger partial charge >= 0.3 is 0 Å². The van der Waals surface area contributed by atoms with Gasteiger partial charge in [-0.1, -0.05) is 0 Å². The summed E-state index contributed by atoms with van der Waals surface area (Å²) in [5.74, 6) is 0. The van der Waals surface area contributed by atoms with Crippen LogP contribution in [0.25, 0.3) is 0 Å². The van der Waals surface area contributed by atoms with Crippen LogP contribution in [0.3, 0.4) is 0 Å². The van der Waals surface area contributed by atoms with Crippen molar-refractivity contribution in [3.8, 4) is 0 Å². The highest BCUT2D eigenvalue weighted by molar-refractivity contribution is 5.56.